The molecule has 1 radical (unpaired) electrons. The van der Waals surface area contributed by atoms with Crippen LogP contribution in [0.4, 0.5) is 0 Å². The molecule has 0 saturated heterocycles. The Kier molecular flexibility index (Phi) is 4.17. The van der Waals surface area contributed by atoms with E-state index in [1.54, 1.807) is 0 Å². The monoisotopic (exact) mass is 151 g/mol. The summed E-state index contributed by atoms with van der Waals surface area (Å²) in [6, 6.07) is 0. The Labute approximate surface area is 71.0 Å². The van der Waals surface area contributed by atoms with Crippen LogP contribution in [-0.2, 0) is 0 Å². The summed E-state index contributed by atoms with van der Waals surface area (Å²) >= 11 is 0. The average Bonchev–Trinajstić information content (AvgIpc) is 2.00. The van der Waals surface area contributed by atoms with Crippen LogP contribution in [0, 0.1) is 11.8 Å². The van der Waals surface area contributed by atoms with E-state index in [2.05, 4.69) is 46.8 Å². The van der Waals surface area contributed by atoms with Crippen molar-refractivity contribution < 1.29 is 0 Å². The van der Waals surface area contributed by atoms with Crippen molar-refractivity contribution in [3.8, 4) is 0 Å². The van der Waals surface area contributed by atoms with Gasteiger partial charge < -0.3 is 0 Å². The Morgan fingerprint density at radius 1 is 1.45 bits per heavy atom. The van der Waals surface area contributed by atoms with Crippen LogP contribution in [0.25, 0.3) is 0 Å². The highest BCUT2D eigenvalue weighted by molar-refractivity contribution is 5.06. The van der Waals surface area contributed by atoms with Crippen molar-refractivity contribution in [2.24, 2.45) is 5.41 Å². The van der Waals surface area contributed by atoms with E-state index in [0.29, 0.717) is 0 Å². The standard InChI is InChI=1S/C11H19/c1-6-11(5,7-2)9-8-10(3)4/h6-8H,1,9H2,2-5H3. The Bertz CT molecular complexity index is 149. The van der Waals surface area contributed by atoms with Crippen LogP contribution in [0.3, 0.4) is 0 Å². The van der Waals surface area contributed by atoms with Crippen LogP contribution in [0.5, 0.6) is 0 Å². The molecular weight excluding hydrogens is 132 g/mol. The molecule has 1 unspecified atom stereocenters. The highest BCUT2D eigenvalue weighted by atomic mass is 14.2. The molecule has 0 heterocycles. The fourth-order valence-corrected chi connectivity index (χ4v) is 0.743. The van der Waals surface area contributed by atoms with Gasteiger partial charge in [0.05, 0.1) is 0 Å². The molecule has 0 fully saturated rings. The Morgan fingerprint density at radius 2 is 2.00 bits per heavy atom. The summed E-state index contributed by atoms with van der Waals surface area (Å²) < 4.78 is 0. The molecule has 0 heteroatoms. The zero-order valence-corrected chi connectivity index (χ0v) is 8.15. The van der Waals surface area contributed by atoms with Crippen molar-refractivity contribution in [3.05, 3.63) is 30.7 Å². The van der Waals surface area contributed by atoms with Gasteiger partial charge >= 0.3 is 0 Å². The molecule has 0 aromatic rings. The zero-order chi connectivity index (χ0) is 8.91. The topological polar surface area (TPSA) is 0 Å². The molecule has 0 aliphatic carbocycles. The minimum atomic E-state index is 0.178. The summed E-state index contributed by atoms with van der Waals surface area (Å²) in [7, 11) is 0. The van der Waals surface area contributed by atoms with Gasteiger partial charge in [-0.15, -0.1) is 6.58 Å². The molecule has 0 saturated carbocycles. The van der Waals surface area contributed by atoms with E-state index in [1.165, 1.54) is 5.57 Å². The molecule has 0 N–H and O–H groups in total. The van der Waals surface area contributed by atoms with Crippen molar-refractivity contribution >= 4 is 0 Å². The quantitative estimate of drug-likeness (QED) is 0.537. The third kappa shape index (κ3) is 4.02. The van der Waals surface area contributed by atoms with Gasteiger partial charge in [-0.1, -0.05) is 31.6 Å². The first-order valence-electron chi connectivity index (χ1n) is 4.11. The van der Waals surface area contributed by atoms with Gasteiger partial charge in [-0.3, -0.25) is 0 Å². The Balaban J connectivity index is 4.09. The van der Waals surface area contributed by atoms with Crippen molar-refractivity contribution in [2.75, 3.05) is 0 Å². The summed E-state index contributed by atoms with van der Waals surface area (Å²) in [4.78, 5) is 0. The van der Waals surface area contributed by atoms with Crippen LogP contribution < -0.4 is 0 Å². The normalized spacial score (nSPS) is 15.3. The number of allylic oxidation sites excluding steroid dienone is 3. The molecule has 1 atom stereocenters. The molecule has 0 bridgehead atoms. The number of hydrogen-bond donors (Lipinski definition) is 0. The summed E-state index contributed by atoms with van der Waals surface area (Å²) in [6.07, 6.45) is 7.52. The van der Waals surface area contributed by atoms with E-state index in [-0.39, 0.29) is 5.41 Å². The molecule has 0 aromatic heterocycles. The Hall–Kier alpha value is -0.520. The molecule has 0 rings (SSSR count). The molecular formula is C11H19. The minimum absolute atomic E-state index is 0.178. The van der Waals surface area contributed by atoms with Crippen LogP contribution in [-0.4, -0.2) is 0 Å². The summed E-state index contributed by atoms with van der Waals surface area (Å²) in [6.45, 7) is 12.3. The summed E-state index contributed by atoms with van der Waals surface area (Å²) in [5.41, 5.74) is 1.55. The molecule has 0 amide bonds. The molecule has 0 spiro atoms. The number of hydrogen-bond acceptors (Lipinski definition) is 0. The lowest BCUT2D eigenvalue weighted by Crippen LogP contribution is -2.10. The maximum Gasteiger partial charge on any atom is -0.00862 e. The lowest BCUT2D eigenvalue weighted by atomic mass is 9.84. The Morgan fingerprint density at radius 3 is 2.27 bits per heavy atom. The summed E-state index contributed by atoms with van der Waals surface area (Å²) in [5, 5.41) is 0. The van der Waals surface area contributed by atoms with Gasteiger partial charge in [0.25, 0.3) is 0 Å². The molecule has 0 aliphatic rings. The van der Waals surface area contributed by atoms with Crippen molar-refractivity contribution in [1.82, 2.24) is 0 Å². The fraction of sp³-hybridized carbons (Fsp3) is 0.545. The van der Waals surface area contributed by atoms with E-state index < -0.39 is 0 Å². The smallest absolute Gasteiger partial charge is 0.00862 e. The van der Waals surface area contributed by atoms with E-state index in [9.17, 15) is 0 Å². The van der Waals surface area contributed by atoms with E-state index in [1.807, 2.05) is 6.08 Å². The fourth-order valence-electron chi connectivity index (χ4n) is 0.743. The first-order valence-corrected chi connectivity index (χ1v) is 4.11. The van der Waals surface area contributed by atoms with Crippen molar-refractivity contribution in [3.63, 3.8) is 0 Å². The minimum Gasteiger partial charge on any atom is -0.103 e. The van der Waals surface area contributed by atoms with Gasteiger partial charge in [-0.2, -0.15) is 0 Å². The van der Waals surface area contributed by atoms with E-state index >= 15 is 0 Å². The second-order valence-electron chi connectivity index (χ2n) is 3.48. The highest BCUT2D eigenvalue weighted by Gasteiger charge is 2.15. The molecule has 11 heavy (non-hydrogen) atoms. The van der Waals surface area contributed by atoms with Gasteiger partial charge in [0.1, 0.15) is 0 Å². The first kappa shape index (κ1) is 10.5. The number of rotatable bonds is 4. The van der Waals surface area contributed by atoms with Gasteiger partial charge in [0, 0.05) is 0 Å². The van der Waals surface area contributed by atoms with E-state index in [4.69, 9.17) is 0 Å². The van der Waals surface area contributed by atoms with Crippen LogP contribution in [0.2, 0.25) is 0 Å². The van der Waals surface area contributed by atoms with Crippen LogP contribution >= 0.6 is 0 Å². The van der Waals surface area contributed by atoms with E-state index in [0.717, 1.165) is 6.42 Å². The van der Waals surface area contributed by atoms with Gasteiger partial charge in [-0.05, 0) is 32.1 Å². The molecule has 0 aromatic carbocycles. The van der Waals surface area contributed by atoms with Crippen LogP contribution in [0.1, 0.15) is 34.1 Å². The molecule has 0 nitrogen and oxygen atoms in total. The molecule has 0 aliphatic heterocycles. The summed E-state index contributed by atoms with van der Waals surface area (Å²) in [5.74, 6) is 0. The first-order chi connectivity index (χ1) is 5.04. The van der Waals surface area contributed by atoms with Gasteiger partial charge in [0.2, 0.25) is 0 Å². The average molecular weight is 151 g/mol. The molecule has 63 valence electrons. The van der Waals surface area contributed by atoms with Gasteiger partial charge in [0.15, 0.2) is 0 Å². The highest BCUT2D eigenvalue weighted by Crippen LogP contribution is 2.26. The van der Waals surface area contributed by atoms with Crippen molar-refractivity contribution in [1.29, 1.82) is 0 Å². The lowest BCUT2D eigenvalue weighted by molar-refractivity contribution is 0.515. The third-order valence-electron chi connectivity index (χ3n) is 2.08. The SMILES string of the molecule is C=CC(C)([CH]C)CC=C(C)C. The maximum atomic E-state index is 3.82. The third-order valence-corrected chi connectivity index (χ3v) is 2.08. The lowest BCUT2D eigenvalue weighted by Gasteiger charge is -2.21. The second kappa shape index (κ2) is 4.38. The maximum absolute atomic E-state index is 3.82. The predicted molar refractivity (Wildman–Crippen MR) is 52.3 cm³/mol. The van der Waals surface area contributed by atoms with Crippen molar-refractivity contribution in [2.45, 2.75) is 34.1 Å². The zero-order valence-electron chi connectivity index (χ0n) is 8.15. The predicted octanol–water partition coefficient (Wildman–Crippen LogP) is 3.76. The second-order valence-corrected chi connectivity index (χ2v) is 3.48. The van der Waals surface area contributed by atoms with Gasteiger partial charge in [-0.25, -0.2) is 0 Å². The largest absolute Gasteiger partial charge is 0.103 e. The van der Waals surface area contributed by atoms with Crippen LogP contribution in [0.15, 0.2) is 24.3 Å².